The molecule has 1 fully saturated rings. The number of Topliss-reactive ketones (excluding diaryl/α,β-unsaturated/α-hetero) is 1. The number of fused-ring (bicyclic) bond motifs is 1. The van der Waals surface area contributed by atoms with Crippen molar-refractivity contribution in [3.63, 3.8) is 0 Å². The van der Waals surface area contributed by atoms with Crippen LogP contribution in [0.25, 0.3) is 22.0 Å². The molecular weight excluding hydrogens is 494 g/mol. The molecule has 4 rings (SSSR count). The number of nitrogens with zero attached hydrogens (tertiary/aromatic N) is 5. The summed E-state index contributed by atoms with van der Waals surface area (Å²) in [6.45, 7) is 7.27. The topological polar surface area (TPSA) is 110 Å². The van der Waals surface area contributed by atoms with Crippen LogP contribution in [-0.4, -0.2) is 67.0 Å². The number of aromatic nitrogens is 4. The van der Waals surface area contributed by atoms with Gasteiger partial charge in [-0.2, -0.15) is 5.10 Å². The van der Waals surface area contributed by atoms with E-state index in [2.05, 4.69) is 20.4 Å². The van der Waals surface area contributed by atoms with E-state index < -0.39 is 35.9 Å². The van der Waals surface area contributed by atoms with Crippen LogP contribution >= 0.6 is 0 Å². The molecule has 1 N–H and O–H groups in total. The first-order valence-electron chi connectivity index (χ1n) is 12.3. The molecule has 2 amide bonds. The molecule has 38 heavy (non-hydrogen) atoms. The average molecular weight is 525 g/mol. The summed E-state index contributed by atoms with van der Waals surface area (Å²) in [6, 6.07) is 3.37. The Morgan fingerprint density at radius 2 is 1.82 bits per heavy atom. The van der Waals surface area contributed by atoms with Gasteiger partial charge in [-0.05, 0) is 51.0 Å². The summed E-state index contributed by atoms with van der Waals surface area (Å²) in [5, 5.41) is 7.45. The molecule has 0 spiro atoms. The number of ketones is 1. The number of halogens is 2. The van der Waals surface area contributed by atoms with Crippen molar-refractivity contribution in [3.05, 3.63) is 53.5 Å². The van der Waals surface area contributed by atoms with Gasteiger partial charge in [0.05, 0.1) is 18.1 Å². The molecule has 0 unspecified atom stereocenters. The first kappa shape index (κ1) is 27.0. The number of aryl methyl sites for hydroxylation is 1. The van der Waals surface area contributed by atoms with E-state index in [0.29, 0.717) is 22.3 Å². The Labute approximate surface area is 218 Å². The number of carbonyl (C=O) groups excluding carboxylic acids is 3. The predicted molar refractivity (Wildman–Crippen MR) is 138 cm³/mol. The maximum Gasteiger partial charge on any atom is 0.245 e. The van der Waals surface area contributed by atoms with Crippen LogP contribution in [0.2, 0.25) is 0 Å². The van der Waals surface area contributed by atoms with Crippen molar-refractivity contribution in [2.45, 2.75) is 65.8 Å². The van der Waals surface area contributed by atoms with Crippen LogP contribution in [-0.2, 0) is 16.1 Å². The van der Waals surface area contributed by atoms with Crippen molar-refractivity contribution in [2.24, 2.45) is 0 Å². The van der Waals surface area contributed by atoms with Crippen LogP contribution in [0.3, 0.4) is 0 Å². The van der Waals surface area contributed by atoms with Gasteiger partial charge in [-0.1, -0.05) is 6.07 Å². The van der Waals surface area contributed by atoms with Gasteiger partial charge in [0.15, 0.2) is 5.78 Å². The van der Waals surface area contributed by atoms with Gasteiger partial charge in [0.1, 0.15) is 36.1 Å². The fourth-order valence-electron chi connectivity index (χ4n) is 4.61. The number of alkyl halides is 1. The number of amides is 2. The second-order valence-corrected chi connectivity index (χ2v) is 9.79. The molecule has 1 aliphatic rings. The molecule has 1 aliphatic heterocycles. The molecule has 2 aromatic heterocycles. The van der Waals surface area contributed by atoms with Crippen molar-refractivity contribution < 1.29 is 23.2 Å². The summed E-state index contributed by atoms with van der Waals surface area (Å²) < 4.78 is 30.0. The molecule has 11 heteroatoms. The lowest BCUT2D eigenvalue weighted by Crippen LogP contribution is -2.49. The van der Waals surface area contributed by atoms with Gasteiger partial charge in [-0.3, -0.25) is 19.1 Å². The van der Waals surface area contributed by atoms with Crippen LogP contribution in [0.15, 0.2) is 42.0 Å². The number of rotatable bonds is 7. The zero-order valence-corrected chi connectivity index (χ0v) is 22.0. The van der Waals surface area contributed by atoms with Crippen molar-refractivity contribution in [1.82, 2.24) is 30.0 Å². The van der Waals surface area contributed by atoms with Crippen LogP contribution in [0.1, 0.15) is 50.4 Å². The summed E-state index contributed by atoms with van der Waals surface area (Å²) in [4.78, 5) is 48.1. The van der Waals surface area contributed by atoms with E-state index in [9.17, 15) is 23.2 Å². The largest absolute Gasteiger partial charge is 0.345 e. The highest BCUT2D eigenvalue weighted by Crippen LogP contribution is 2.28. The average Bonchev–Trinajstić information content (AvgIpc) is 3.44. The normalized spacial score (nSPS) is 17.9. The lowest BCUT2D eigenvalue weighted by atomic mass is 10.0. The van der Waals surface area contributed by atoms with Gasteiger partial charge >= 0.3 is 0 Å². The van der Waals surface area contributed by atoms with E-state index in [0.717, 1.165) is 16.0 Å². The first-order valence-corrected chi connectivity index (χ1v) is 12.3. The SMILES string of the molecule is CC(=O)c1nn(CC(=O)N2C[C@H](F)C[C@H]2C(=O)N[C@H](C)C(F)=C(C)C)c2ccc(-c3cnc(C)nc3)cc12. The minimum absolute atomic E-state index is 0.179. The minimum Gasteiger partial charge on any atom is -0.345 e. The highest BCUT2D eigenvalue weighted by atomic mass is 19.1. The fourth-order valence-corrected chi connectivity index (χ4v) is 4.61. The van der Waals surface area contributed by atoms with Crippen LogP contribution in [0, 0.1) is 6.92 Å². The third-order valence-corrected chi connectivity index (χ3v) is 6.57. The molecule has 3 heterocycles. The number of hydrogen-bond donors (Lipinski definition) is 1. The molecule has 3 atom stereocenters. The molecule has 1 aromatic carbocycles. The number of nitrogens with one attached hydrogen (secondary N) is 1. The Balaban J connectivity index is 1.60. The van der Waals surface area contributed by atoms with Gasteiger partial charge in [0.2, 0.25) is 11.8 Å². The van der Waals surface area contributed by atoms with Gasteiger partial charge in [-0.15, -0.1) is 0 Å². The highest BCUT2D eigenvalue weighted by Gasteiger charge is 2.40. The Bertz CT molecular complexity index is 1430. The summed E-state index contributed by atoms with van der Waals surface area (Å²) in [5.41, 5.74) is 2.68. The molecule has 0 bridgehead atoms. The van der Waals surface area contributed by atoms with E-state index >= 15 is 0 Å². The molecule has 0 aliphatic carbocycles. The number of hydrogen-bond acceptors (Lipinski definition) is 6. The monoisotopic (exact) mass is 524 g/mol. The summed E-state index contributed by atoms with van der Waals surface area (Å²) in [7, 11) is 0. The second-order valence-electron chi connectivity index (χ2n) is 9.79. The maximum atomic E-state index is 14.4. The Hall–Kier alpha value is -4.02. The summed E-state index contributed by atoms with van der Waals surface area (Å²) in [5.74, 6) is -1.29. The predicted octanol–water partition coefficient (Wildman–Crippen LogP) is 3.71. The Morgan fingerprint density at radius 1 is 1.13 bits per heavy atom. The summed E-state index contributed by atoms with van der Waals surface area (Å²) in [6.07, 6.45) is 1.79. The second kappa shape index (κ2) is 10.8. The fraction of sp³-hybridized carbons (Fsp3) is 0.407. The standard InChI is InChI=1S/C27H30F2N6O3/c1-14(2)25(29)15(3)32-27(38)23-9-20(28)12-34(23)24(37)13-35-22-7-6-18(19-10-30-17(5)31-11-19)8-21(22)26(33-35)16(4)36/h6-8,10-11,15,20,23H,9,12-13H2,1-5H3,(H,32,38)/t15-,20-,23+/m1/s1. The number of carbonyl (C=O) groups is 3. The zero-order valence-electron chi connectivity index (χ0n) is 22.0. The molecule has 9 nitrogen and oxygen atoms in total. The van der Waals surface area contributed by atoms with Crippen molar-refractivity contribution in [2.75, 3.05) is 6.54 Å². The van der Waals surface area contributed by atoms with Crippen LogP contribution in [0.5, 0.6) is 0 Å². The Kier molecular flexibility index (Phi) is 7.66. The van der Waals surface area contributed by atoms with E-state index in [4.69, 9.17) is 0 Å². The quantitative estimate of drug-likeness (QED) is 0.472. The van der Waals surface area contributed by atoms with E-state index in [1.807, 2.05) is 6.07 Å². The minimum atomic E-state index is -1.39. The first-order chi connectivity index (χ1) is 18.0. The molecule has 200 valence electrons. The van der Waals surface area contributed by atoms with E-state index in [1.54, 1.807) is 45.3 Å². The zero-order chi connectivity index (χ0) is 27.7. The van der Waals surface area contributed by atoms with Crippen molar-refractivity contribution >= 4 is 28.5 Å². The van der Waals surface area contributed by atoms with Crippen molar-refractivity contribution in [1.29, 1.82) is 0 Å². The molecule has 0 saturated carbocycles. The van der Waals surface area contributed by atoms with E-state index in [-0.39, 0.29) is 31.0 Å². The number of likely N-dealkylation sites (tertiary alicyclic amines) is 1. The highest BCUT2D eigenvalue weighted by molar-refractivity contribution is 6.06. The van der Waals surface area contributed by atoms with Gasteiger partial charge < -0.3 is 10.2 Å². The van der Waals surface area contributed by atoms with Gasteiger partial charge in [0, 0.05) is 36.7 Å². The molecule has 0 radical (unpaired) electrons. The maximum absolute atomic E-state index is 14.4. The number of allylic oxidation sites excluding steroid dienone is 1. The third-order valence-electron chi connectivity index (χ3n) is 6.57. The molecule has 1 saturated heterocycles. The molecule has 3 aromatic rings. The molecular formula is C27H30F2N6O3. The lowest BCUT2D eigenvalue weighted by molar-refractivity contribution is -0.139. The van der Waals surface area contributed by atoms with Crippen molar-refractivity contribution in [3.8, 4) is 11.1 Å². The van der Waals surface area contributed by atoms with Crippen LogP contribution < -0.4 is 5.32 Å². The van der Waals surface area contributed by atoms with Gasteiger partial charge in [-0.25, -0.2) is 18.7 Å². The smallest absolute Gasteiger partial charge is 0.245 e. The lowest BCUT2D eigenvalue weighted by Gasteiger charge is -2.25. The summed E-state index contributed by atoms with van der Waals surface area (Å²) >= 11 is 0. The Morgan fingerprint density at radius 3 is 2.45 bits per heavy atom. The van der Waals surface area contributed by atoms with Gasteiger partial charge in [0.25, 0.3) is 0 Å². The van der Waals surface area contributed by atoms with Crippen LogP contribution in [0.4, 0.5) is 8.78 Å². The number of benzene rings is 1. The van der Waals surface area contributed by atoms with E-state index in [1.165, 1.54) is 18.5 Å². The third kappa shape index (κ3) is 5.46.